The molecule has 0 aromatic rings. The van der Waals surface area contributed by atoms with E-state index >= 15 is 0 Å². The average Bonchev–Trinajstić information content (AvgIpc) is 3.37. The molecule has 0 aromatic heterocycles. The molecule has 146 valence electrons. The van der Waals surface area contributed by atoms with Crippen molar-refractivity contribution in [2.75, 3.05) is 0 Å². The lowest BCUT2D eigenvalue weighted by molar-refractivity contribution is 0.0226. The molecule has 0 heterocycles. The van der Waals surface area contributed by atoms with Crippen molar-refractivity contribution >= 4 is 0 Å². The molecule has 0 aromatic carbocycles. The van der Waals surface area contributed by atoms with Gasteiger partial charge < -0.3 is 0 Å². The van der Waals surface area contributed by atoms with Crippen molar-refractivity contribution in [3.63, 3.8) is 0 Å². The maximum absolute atomic E-state index is 2.69. The van der Waals surface area contributed by atoms with Crippen molar-refractivity contribution in [3.05, 3.63) is 0 Å². The Morgan fingerprint density at radius 2 is 1.20 bits per heavy atom. The Hall–Kier alpha value is 0. The van der Waals surface area contributed by atoms with Crippen LogP contribution in [-0.2, 0) is 0 Å². The fourth-order valence-corrected chi connectivity index (χ4v) is 6.76. The van der Waals surface area contributed by atoms with Crippen LogP contribution in [-0.4, -0.2) is 0 Å². The largest absolute Gasteiger partial charge is 0.0622 e. The van der Waals surface area contributed by atoms with Crippen LogP contribution in [0.15, 0.2) is 0 Å². The molecule has 3 fully saturated rings. The highest BCUT2D eigenvalue weighted by atomic mass is 14.5. The van der Waals surface area contributed by atoms with Gasteiger partial charge in [0.25, 0.3) is 0 Å². The summed E-state index contributed by atoms with van der Waals surface area (Å²) in [4.78, 5) is 0. The molecule has 0 nitrogen and oxygen atoms in total. The minimum absolute atomic E-state index is 0.592. The number of hydrogen-bond acceptors (Lipinski definition) is 0. The smallest absolute Gasteiger partial charge is 0.0295 e. The number of rotatable bonds is 2. The maximum Gasteiger partial charge on any atom is -0.0295 e. The summed E-state index contributed by atoms with van der Waals surface area (Å²) in [5.41, 5.74) is 1.19. The van der Waals surface area contributed by atoms with Crippen molar-refractivity contribution in [1.82, 2.24) is 0 Å². The molecule has 0 radical (unpaired) electrons. The summed E-state index contributed by atoms with van der Waals surface area (Å²) < 4.78 is 0. The SMILES string of the molecule is CC1CCCC(C)(C(C)C2(C)CCCCCCCCC2)CCC2CC12. The molecule has 0 spiro atoms. The monoisotopic (exact) mass is 346 g/mol. The van der Waals surface area contributed by atoms with Gasteiger partial charge in [-0.2, -0.15) is 0 Å². The van der Waals surface area contributed by atoms with Gasteiger partial charge in [0.15, 0.2) is 0 Å². The van der Waals surface area contributed by atoms with Crippen LogP contribution in [0.3, 0.4) is 0 Å². The van der Waals surface area contributed by atoms with Crippen molar-refractivity contribution < 1.29 is 0 Å². The van der Waals surface area contributed by atoms with E-state index in [2.05, 4.69) is 27.7 Å². The third-order valence-electron chi connectivity index (χ3n) is 9.29. The normalized spacial score (nSPS) is 41.5. The maximum atomic E-state index is 2.69. The van der Waals surface area contributed by atoms with E-state index in [9.17, 15) is 0 Å². The summed E-state index contributed by atoms with van der Waals surface area (Å²) in [6.45, 7) is 10.6. The summed E-state index contributed by atoms with van der Waals surface area (Å²) >= 11 is 0. The molecule has 5 atom stereocenters. The molecule has 0 saturated heterocycles. The fourth-order valence-electron chi connectivity index (χ4n) is 6.76. The summed E-state index contributed by atoms with van der Waals surface area (Å²) in [5.74, 6) is 4.09. The zero-order valence-corrected chi connectivity index (χ0v) is 17.9. The van der Waals surface area contributed by atoms with Crippen LogP contribution in [0, 0.1) is 34.5 Å². The van der Waals surface area contributed by atoms with Crippen molar-refractivity contribution in [2.45, 2.75) is 124 Å². The predicted molar refractivity (Wildman–Crippen MR) is 111 cm³/mol. The quantitative estimate of drug-likeness (QED) is 0.471. The molecule has 25 heavy (non-hydrogen) atoms. The van der Waals surface area contributed by atoms with E-state index in [0.717, 1.165) is 23.7 Å². The first-order chi connectivity index (χ1) is 11.9. The van der Waals surface area contributed by atoms with E-state index in [1.54, 1.807) is 6.42 Å². The Kier molecular flexibility index (Phi) is 6.60. The van der Waals surface area contributed by atoms with Gasteiger partial charge in [-0.15, -0.1) is 0 Å². The van der Waals surface area contributed by atoms with Crippen molar-refractivity contribution in [1.29, 1.82) is 0 Å². The molecular weight excluding hydrogens is 300 g/mol. The second kappa shape index (κ2) is 8.35. The zero-order chi connectivity index (χ0) is 17.9. The number of fused-ring (bicyclic) bond motifs is 1. The molecule has 5 unspecified atom stereocenters. The summed E-state index contributed by atoms with van der Waals surface area (Å²) in [7, 11) is 0. The lowest BCUT2D eigenvalue weighted by Crippen LogP contribution is -2.38. The van der Waals surface area contributed by atoms with E-state index < -0.39 is 0 Å². The minimum atomic E-state index is 0.592. The Bertz CT molecular complexity index is 400. The lowest BCUT2D eigenvalue weighted by atomic mass is 9.57. The molecular formula is C25H46. The van der Waals surface area contributed by atoms with Gasteiger partial charge in [0, 0.05) is 0 Å². The first kappa shape index (κ1) is 19.8. The van der Waals surface area contributed by atoms with Crippen LogP contribution >= 0.6 is 0 Å². The molecule has 0 heteroatoms. The van der Waals surface area contributed by atoms with Crippen molar-refractivity contribution in [3.8, 4) is 0 Å². The topological polar surface area (TPSA) is 0 Å². The van der Waals surface area contributed by atoms with Gasteiger partial charge in [0.05, 0.1) is 0 Å². The molecule has 3 rings (SSSR count). The van der Waals surface area contributed by atoms with E-state index in [-0.39, 0.29) is 0 Å². The van der Waals surface area contributed by atoms with E-state index in [0.29, 0.717) is 10.8 Å². The Labute approximate surface area is 158 Å². The third-order valence-corrected chi connectivity index (χ3v) is 9.29. The molecule has 0 amide bonds. The van der Waals surface area contributed by atoms with Gasteiger partial charge >= 0.3 is 0 Å². The average molecular weight is 347 g/mol. The molecule has 0 N–H and O–H groups in total. The highest BCUT2D eigenvalue weighted by molar-refractivity contribution is 4.97. The zero-order valence-electron chi connectivity index (χ0n) is 17.9. The Morgan fingerprint density at radius 3 is 1.84 bits per heavy atom. The van der Waals surface area contributed by atoms with Crippen LogP contribution in [0.25, 0.3) is 0 Å². The van der Waals surface area contributed by atoms with Gasteiger partial charge in [0.2, 0.25) is 0 Å². The van der Waals surface area contributed by atoms with E-state index in [1.165, 1.54) is 89.9 Å². The van der Waals surface area contributed by atoms with Gasteiger partial charge in [-0.05, 0) is 73.0 Å². The lowest BCUT2D eigenvalue weighted by Gasteiger charge is -2.48. The van der Waals surface area contributed by atoms with Gasteiger partial charge in [0.1, 0.15) is 0 Å². The fraction of sp³-hybridized carbons (Fsp3) is 1.00. The minimum Gasteiger partial charge on any atom is -0.0622 e. The van der Waals surface area contributed by atoms with Crippen LogP contribution in [0.4, 0.5) is 0 Å². The van der Waals surface area contributed by atoms with Crippen LogP contribution < -0.4 is 0 Å². The molecule has 0 aliphatic heterocycles. The Morgan fingerprint density at radius 1 is 0.680 bits per heavy atom. The van der Waals surface area contributed by atoms with Gasteiger partial charge in [-0.1, -0.05) is 85.5 Å². The highest BCUT2D eigenvalue weighted by Gasteiger charge is 2.46. The molecule has 3 aliphatic rings. The Balaban J connectivity index is 1.69. The molecule has 3 aliphatic carbocycles. The summed E-state index contributed by atoms with van der Waals surface area (Å²) in [6, 6.07) is 0. The summed E-state index contributed by atoms with van der Waals surface area (Å²) in [6.07, 6.45) is 22.5. The van der Waals surface area contributed by atoms with Crippen LogP contribution in [0.1, 0.15) is 124 Å². The standard InChI is InChI=1S/C25H46/c1-20-13-12-17-25(4,18-14-22-19-23(20)22)21(2)24(3)15-10-8-6-5-7-9-11-16-24/h20-23H,5-19H2,1-4H3. The second-order valence-corrected chi connectivity index (χ2v) is 11.1. The highest BCUT2D eigenvalue weighted by Crippen LogP contribution is 2.56. The molecule has 0 bridgehead atoms. The van der Waals surface area contributed by atoms with Gasteiger partial charge in [-0.3, -0.25) is 0 Å². The number of hydrogen-bond donors (Lipinski definition) is 0. The van der Waals surface area contributed by atoms with Crippen LogP contribution in [0.5, 0.6) is 0 Å². The van der Waals surface area contributed by atoms with E-state index in [4.69, 9.17) is 0 Å². The predicted octanol–water partition coefficient (Wildman–Crippen LogP) is 8.40. The second-order valence-electron chi connectivity index (χ2n) is 11.1. The van der Waals surface area contributed by atoms with E-state index in [1.807, 2.05) is 0 Å². The third kappa shape index (κ3) is 4.84. The molecule has 3 saturated carbocycles. The first-order valence-corrected chi connectivity index (χ1v) is 11.9. The van der Waals surface area contributed by atoms with Crippen molar-refractivity contribution in [2.24, 2.45) is 34.5 Å². The van der Waals surface area contributed by atoms with Gasteiger partial charge in [-0.25, -0.2) is 0 Å². The van der Waals surface area contributed by atoms with Crippen LogP contribution in [0.2, 0.25) is 0 Å². The summed E-state index contributed by atoms with van der Waals surface area (Å²) in [5, 5.41) is 0. The first-order valence-electron chi connectivity index (χ1n) is 11.9.